The molecule has 0 aliphatic heterocycles. The van der Waals surface area contributed by atoms with Crippen molar-refractivity contribution in [1.82, 2.24) is 19.6 Å². The van der Waals surface area contributed by atoms with Gasteiger partial charge in [0.1, 0.15) is 17.9 Å². The fraction of sp³-hybridized carbons (Fsp3) is 0.235. The number of hydrogen-bond acceptors (Lipinski definition) is 5. The number of nitro groups is 1. The van der Waals surface area contributed by atoms with E-state index in [0.29, 0.717) is 17.3 Å². The molecule has 10 heteroatoms. The van der Waals surface area contributed by atoms with E-state index in [0.717, 1.165) is 5.56 Å². The van der Waals surface area contributed by atoms with E-state index in [4.69, 9.17) is 11.6 Å². The quantitative estimate of drug-likeness (QED) is 0.515. The van der Waals surface area contributed by atoms with Crippen LogP contribution >= 0.6 is 11.6 Å². The summed E-state index contributed by atoms with van der Waals surface area (Å²) in [6, 6.07) is 6.72. The smallest absolute Gasteiger partial charge is 0.309 e. The van der Waals surface area contributed by atoms with Crippen LogP contribution in [0.5, 0.6) is 0 Å². The Morgan fingerprint density at radius 2 is 2.11 bits per heavy atom. The van der Waals surface area contributed by atoms with E-state index >= 15 is 0 Å². The molecule has 0 bridgehead atoms. The maximum Gasteiger partial charge on any atom is 0.309 e. The number of aromatic nitrogens is 4. The summed E-state index contributed by atoms with van der Waals surface area (Å²) in [4.78, 5) is 22.8. The first-order valence-corrected chi connectivity index (χ1v) is 8.50. The fourth-order valence-electron chi connectivity index (χ4n) is 2.53. The molecule has 0 saturated heterocycles. The number of carbonyl (C=O) groups is 1. The minimum atomic E-state index is -0.718. The predicted octanol–water partition coefficient (Wildman–Crippen LogP) is 3.20. The van der Waals surface area contributed by atoms with Crippen molar-refractivity contribution < 1.29 is 9.72 Å². The van der Waals surface area contributed by atoms with Crippen LogP contribution in [0.1, 0.15) is 24.2 Å². The van der Waals surface area contributed by atoms with E-state index in [-0.39, 0.29) is 17.3 Å². The molecule has 2 aromatic heterocycles. The predicted molar refractivity (Wildman–Crippen MR) is 99.7 cm³/mol. The zero-order valence-electron chi connectivity index (χ0n) is 14.7. The van der Waals surface area contributed by atoms with Gasteiger partial charge in [-0.25, -0.2) is 0 Å². The number of halogens is 1. The van der Waals surface area contributed by atoms with Gasteiger partial charge < -0.3 is 5.32 Å². The molecule has 0 spiro atoms. The van der Waals surface area contributed by atoms with Gasteiger partial charge in [0.15, 0.2) is 0 Å². The molecule has 27 heavy (non-hydrogen) atoms. The lowest BCUT2D eigenvalue weighted by Gasteiger charge is -2.11. The number of nitrogens with one attached hydrogen (secondary N) is 1. The van der Waals surface area contributed by atoms with Crippen LogP contribution in [0.3, 0.4) is 0 Å². The Morgan fingerprint density at radius 1 is 1.37 bits per heavy atom. The van der Waals surface area contributed by atoms with Gasteiger partial charge in [0, 0.05) is 11.2 Å². The van der Waals surface area contributed by atoms with Crippen molar-refractivity contribution in [2.45, 2.75) is 26.4 Å². The molecule has 1 N–H and O–H groups in total. The fourth-order valence-corrected chi connectivity index (χ4v) is 2.73. The molecular formula is C17H17ClN6O3. The lowest BCUT2D eigenvalue weighted by atomic mass is 10.2. The number of amides is 1. The lowest BCUT2D eigenvalue weighted by molar-refractivity contribution is -0.385. The summed E-state index contributed by atoms with van der Waals surface area (Å²) in [7, 11) is 0. The molecule has 1 atom stereocenters. The van der Waals surface area contributed by atoms with Crippen molar-refractivity contribution in [2.24, 2.45) is 0 Å². The lowest BCUT2D eigenvalue weighted by Crippen LogP contribution is -2.24. The number of rotatable bonds is 6. The molecule has 1 amide bonds. The Labute approximate surface area is 159 Å². The SMILES string of the molecule is Cc1nn(C(C)C(=O)Nc2cnn(Cc3ccccc3Cl)c2)cc1[N+](=O)[O-]. The molecule has 0 saturated carbocycles. The van der Waals surface area contributed by atoms with Crippen LogP contribution in [0.25, 0.3) is 0 Å². The second-order valence-electron chi connectivity index (χ2n) is 6.02. The normalized spacial score (nSPS) is 12.0. The minimum absolute atomic E-state index is 0.123. The summed E-state index contributed by atoms with van der Waals surface area (Å²) in [6.45, 7) is 3.60. The molecule has 0 fully saturated rings. The van der Waals surface area contributed by atoms with Gasteiger partial charge in [-0.1, -0.05) is 29.8 Å². The van der Waals surface area contributed by atoms with Crippen molar-refractivity contribution in [1.29, 1.82) is 0 Å². The zero-order chi connectivity index (χ0) is 19.6. The van der Waals surface area contributed by atoms with E-state index in [9.17, 15) is 14.9 Å². The van der Waals surface area contributed by atoms with Crippen LogP contribution in [0.2, 0.25) is 5.02 Å². The van der Waals surface area contributed by atoms with Crippen molar-refractivity contribution in [2.75, 3.05) is 5.32 Å². The van der Waals surface area contributed by atoms with Crippen LogP contribution in [0.15, 0.2) is 42.9 Å². The first kappa shape index (κ1) is 18.6. The van der Waals surface area contributed by atoms with Crippen molar-refractivity contribution in [3.8, 4) is 0 Å². The van der Waals surface area contributed by atoms with Crippen molar-refractivity contribution in [3.05, 3.63) is 69.3 Å². The summed E-state index contributed by atoms with van der Waals surface area (Å²) < 4.78 is 2.93. The van der Waals surface area contributed by atoms with Crippen molar-refractivity contribution >= 4 is 28.9 Å². The standard InChI is InChI=1S/C17H17ClN6O3/c1-11-16(24(26)27)10-23(21-11)12(2)17(25)20-14-7-19-22(9-14)8-13-5-3-4-6-15(13)18/h3-7,9-10,12H,8H2,1-2H3,(H,20,25). The van der Waals surface area contributed by atoms with E-state index < -0.39 is 11.0 Å². The van der Waals surface area contributed by atoms with Gasteiger partial charge in [-0.15, -0.1) is 0 Å². The highest BCUT2D eigenvalue weighted by Gasteiger charge is 2.22. The highest BCUT2D eigenvalue weighted by atomic mass is 35.5. The number of carbonyl (C=O) groups excluding carboxylic acids is 1. The maximum atomic E-state index is 12.4. The van der Waals surface area contributed by atoms with Gasteiger partial charge in [-0.05, 0) is 25.5 Å². The molecule has 0 aliphatic rings. The molecule has 0 radical (unpaired) electrons. The van der Waals surface area contributed by atoms with Gasteiger partial charge in [0.05, 0.1) is 23.4 Å². The van der Waals surface area contributed by atoms with Gasteiger partial charge in [0.2, 0.25) is 5.91 Å². The molecule has 3 aromatic rings. The van der Waals surface area contributed by atoms with E-state index in [1.807, 2.05) is 18.2 Å². The third-order valence-corrected chi connectivity index (χ3v) is 4.42. The van der Waals surface area contributed by atoms with E-state index in [1.165, 1.54) is 24.0 Å². The molecule has 1 aromatic carbocycles. The highest BCUT2D eigenvalue weighted by Crippen LogP contribution is 2.20. The molecular weight excluding hydrogens is 372 g/mol. The highest BCUT2D eigenvalue weighted by molar-refractivity contribution is 6.31. The summed E-state index contributed by atoms with van der Waals surface area (Å²) in [5.74, 6) is -0.357. The number of nitrogens with zero attached hydrogens (tertiary/aromatic N) is 5. The van der Waals surface area contributed by atoms with Crippen LogP contribution in [-0.2, 0) is 11.3 Å². The second kappa shape index (κ2) is 7.58. The van der Waals surface area contributed by atoms with E-state index in [2.05, 4.69) is 15.5 Å². The Hall–Kier alpha value is -3.20. The first-order chi connectivity index (χ1) is 12.8. The van der Waals surface area contributed by atoms with Crippen LogP contribution < -0.4 is 5.32 Å². The third kappa shape index (κ3) is 4.14. The average molecular weight is 389 g/mol. The summed E-state index contributed by atoms with van der Waals surface area (Å²) in [5.41, 5.74) is 1.56. The number of hydrogen-bond donors (Lipinski definition) is 1. The monoisotopic (exact) mass is 388 g/mol. The second-order valence-corrected chi connectivity index (χ2v) is 6.43. The molecule has 9 nitrogen and oxygen atoms in total. The summed E-state index contributed by atoms with van der Waals surface area (Å²) in [6.07, 6.45) is 4.46. The number of benzene rings is 1. The van der Waals surface area contributed by atoms with Gasteiger partial charge >= 0.3 is 5.69 Å². The maximum absolute atomic E-state index is 12.4. The van der Waals surface area contributed by atoms with Gasteiger partial charge in [-0.3, -0.25) is 24.3 Å². The number of aryl methyl sites for hydroxylation is 1. The molecule has 3 rings (SSSR count). The summed E-state index contributed by atoms with van der Waals surface area (Å²) >= 11 is 6.14. The first-order valence-electron chi connectivity index (χ1n) is 8.12. The molecule has 0 aliphatic carbocycles. The van der Waals surface area contributed by atoms with Crippen LogP contribution in [0.4, 0.5) is 11.4 Å². The zero-order valence-corrected chi connectivity index (χ0v) is 15.4. The van der Waals surface area contributed by atoms with Gasteiger partial charge in [0.25, 0.3) is 0 Å². The molecule has 140 valence electrons. The topological polar surface area (TPSA) is 108 Å². The number of anilines is 1. The average Bonchev–Trinajstić information content (AvgIpc) is 3.22. The summed E-state index contributed by atoms with van der Waals surface area (Å²) in [5, 5.41) is 22.6. The minimum Gasteiger partial charge on any atom is -0.322 e. The van der Waals surface area contributed by atoms with Crippen LogP contribution in [0, 0.1) is 17.0 Å². The third-order valence-electron chi connectivity index (χ3n) is 4.05. The van der Waals surface area contributed by atoms with Gasteiger partial charge in [-0.2, -0.15) is 10.2 Å². The molecule has 2 heterocycles. The molecule has 1 unspecified atom stereocenters. The Balaban J connectivity index is 1.68. The van der Waals surface area contributed by atoms with Crippen molar-refractivity contribution in [3.63, 3.8) is 0 Å². The Morgan fingerprint density at radius 3 is 2.78 bits per heavy atom. The largest absolute Gasteiger partial charge is 0.322 e. The van der Waals surface area contributed by atoms with Crippen LogP contribution in [-0.4, -0.2) is 30.4 Å². The Bertz CT molecular complexity index is 996. The van der Waals surface area contributed by atoms with E-state index in [1.54, 1.807) is 23.9 Å². The Kier molecular flexibility index (Phi) is 5.22.